The number of furan rings is 1. The summed E-state index contributed by atoms with van der Waals surface area (Å²) >= 11 is 0. The smallest absolute Gasteiger partial charge is 0.373 e. The Kier molecular flexibility index (Phi) is 4.05. The number of rotatable bonds is 3. The zero-order valence-corrected chi connectivity index (χ0v) is 14.9. The number of benzene rings is 1. The van der Waals surface area contributed by atoms with Crippen molar-refractivity contribution in [3.05, 3.63) is 30.0 Å². The van der Waals surface area contributed by atoms with Gasteiger partial charge in [0.1, 0.15) is 5.58 Å². The molecule has 2 fully saturated rings. The summed E-state index contributed by atoms with van der Waals surface area (Å²) in [6, 6.07) is 6.27. The molecular weight excluding hydrogens is 352 g/mol. The van der Waals surface area contributed by atoms with Crippen LogP contribution < -0.4 is 5.32 Å². The Morgan fingerprint density at radius 3 is 2.85 bits per heavy atom. The number of amides is 2. The maximum absolute atomic E-state index is 12.6. The van der Waals surface area contributed by atoms with Gasteiger partial charge in [-0.3, -0.25) is 4.79 Å². The number of ether oxygens (including phenoxy) is 1. The molecule has 1 aromatic heterocycles. The van der Waals surface area contributed by atoms with Crippen LogP contribution >= 0.6 is 0 Å². The first-order chi connectivity index (χ1) is 12.9. The number of hydrogen-bond donors (Lipinski definition) is 2. The van der Waals surface area contributed by atoms with Crippen molar-refractivity contribution in [2.75, 3.05) is 25.5 Å². The molecular formula is C19H20N2O6. The molecule has 2 N–H and O–H groups in total. The van der Waals surface area contributed by atoms with Crippen LogP contribution in [0, 0.1) is 11.3 Å². The fraction of sp³-hybridized carbons (Fsp3) is 0.421. The van der Waals surface area contributed by atoms with Gasteiger partial charge in [-0.2, -0.15) is 0 Å². The van der Waals surface area contributed by atoms with E-state index in [1.807, 2.05) is 0 Å². The Labute approximate surface area is 155 Å². The number of urea groups is 1. The Morgan fingerprint density at radius 1 is 1.33 bits per heavy atom. The first kappa shape index (κ1) is 17.4. The maximum atomic E-state index is 12.6. The van der Waals surface area contributed by atoms with Crippen LogP contribution in [0.25, 0.3) is 11.0 Å². The summed E-state index contributed by atoms with van der Waals surface area (Å²) in [5, 5.41) is 13.1. The van der Waals surface area contributed by atoms with Gasteiger partial charge in [-0.15, -0.1) is 0 Å². The van der Waals surface area contributed by atoms with Crippen LogP contribution in [0.3, 0.4) is 0 Å². The Hall–Kier alpha value is -3.03. The summed E-state index contributed by atoms with van der Waals surface area (Å²) in [5.41, 5.74) is 0.251. The number of carbonyl (C=O) groups excluding carboxylic acids is 2. The highest BCUT2D eigenvalue weighted by molar-refractivity contribution is 5.96. The number of aliphatic carboxylic acids is 1. The molecule has 2 amide bonds. The lowest BCUT2D eigenvalue weighted by atomic mass is 9.81. The van der Waals surface area contributed by atoms with Crippen molar-refractivity contribution in [1.29, 1.82) is 0 Å². The highest BCUT2D eigenvalue weighted by atomic mass is 16.5. The number of carboxylic acids is 1. The van der Waals surface area contributed by atoms with Crippen LogP contribution in [-0.2, 0) is 9.53 Å². The summed E-state index contributed by atoms with van der Waals surface area (Å²) in [7, 11) is 1.27. The monoisotopic (exact) mass is 372 g/mol. The molecule has 1 aliphatic heterocycles. The van der Waals surface area contributed by atoms with E-state index in [2.05, 4.69) is 10.1 Å². The minimum absolute atomic E-state index is 0.0136. The summed E-state index contributed by atoms with van der Waals surface area (Å²) < 4.78 is 10.0. The maximum Gasteiger partial charge on any atom is 0.373 e. The van der Waals surface area contributed by atoms with Gasteiger partial charge in [0.25, 0.3) is 0 Å². The van der Waals surface area contributed by atoms with Crippen molar-refractivity contribution in [2.24, 2.45) is 11.3 Å². The van der Waals surface area contributed by atoms with E-state index in [9.17, 15) is 19.5 Å². The van der Waals surface area contributed by atoms with E-state index >= 15 is 0 Å². The average Bonchev–Trinajstić information content (AvgIpc) is 3.32. The van der Waals surface area contributed by atoms with Gasteiger partial charge in [0.2, 0.25) is 5.76 Å². The lowest BCUT2D eigenvalue weighted by Gasteiger charge is -2.23. The molecule has 1 saturated heterocycles. The van der Waals surface area contributed by atoms with Gasteiger partial charge in [0.15, 0.2) is 0 Å². The number of likely N-dealkylation sites (tertiary alicyclic amines) is 1. The predicted molar refractivity (Wildman–Crippen MR) is 95.6 cm³/mol. The molecule has 2 aromatic rings. The largest absolute Gasteiger partial charge is 0.481 e. The molecule has 0 spiro atoms. The minimum atomic E-state index is -0.810. The van der Waals surface area contributed by atoms with Gasteiger partial charge < -0.3 is 24.5 Å². The number of nitrogens with zero attached hydrogens (tertiary/aromatic N) is 1. The molecule has 2 atom stereocenters. The molecule has 4 rings (SSSR count). The van der Waals surface area contributed by atoms with Crippen molar-refractivity contribution >= 4 is 34.6 Å². The number of carboxylic acid groups (broad SMARTS) is 1. The molecule has 1 aliphatic carbocycles. The van der Waals surface area contributed by atoms with E-state index in [-0.39, 0.29) is 24.3 Å². The third-order valence-electron chi connectivity index (χ3n) is 5.74. The zero-order chi connectivity index (χ0) is 19.2. The SMILES string of the molecule is COC(=O)c1cc2cc(NC(=O)N3C[C@@H]4CCC[C@@]4(C(=O)O)C3)ccc2o1. The second-order valence-electron chi connectivity index (χ2n) is 7.22. The van der Waals surface area contributed by atoms with Crippen LogP contribution in [0.5, 0.6) is 0 Å². The molecule has 1 saturated carbocycles. The minimum Gasteiger partial charge on any atom is -0.481 e. The number of hydrogen-bond acceptors (Lipinski definition) is 5. The average molecular weight is 372 g/mol. The normalized spacial score (nSPS) is 24.0. The molecule has 0 radical (unpaired) electrons. The van der Waals surface area contributed by atoms with E-state index < -0.39 is 17.4 Å². The molecule has 0 bridgehead atoms. The third kappa shape index (κ3) is 2.81. The molecule has 8 nitrogen and oxygen atoms in total. The second-order valence-corrected chi connectivity index (χ2v) is 7.22. The van der Waals surface area contributed by atoms with Gasteiger partial charge in [0, 0.05) is 24.2 Å². The van der Waals surface area contributed by atoms with Gasteiger partial charge in [-0.05, 0) is 43.0 Å². The van der Waals surface area contributed by atoms with E-state index in [0.717, 1.165) is 12.8 Å². The lowest BCUT2D eigenvalue weighted by Crippen LogP contribution is -2.38. The molecule has 2 aliphatic rings. The van der Waals surface area contributed by atoms with Crippen molar-refractivity contribution in [2.45, 2.75) is 19.3 Å². The highest BCUT2D eigenvalue weighted by Gasteiger charge is 2.55. The number of nitrogens with one attached hydrogen (secondary N) is 1. The Balaban J connectivity index is 1.50. The van der Waals surface area contributed by atoms with Crippen molar-refractivity contribution in [1.82, 2.24) is 4.90 Å². The first-order valence-corrected chi connectivity index (χ1v) is 8.84. The quantitative estimate of drug-likeness (QED) is 0.802. The number of fused-ring (bicyclic) bond motifs is 2. The summed E-state index contributed by atoms with van der Waals surface area (Å²) in [6.45, 7) is 0.692. The van der Waals surface area contributed by atoms with Crippen molar-refractivity contribution in [3.63, 3.8) is 0 Å². The zero-order valence-electron chi connectivity index (χ0n) is 14.9. The van der Waals surface area contributed by atoms with Gasteiger partial charge in [-0.25, -0.2) is 9.59 Å². The molecule has 27 heavy (non-hydrogen) atoms. The predicted octanol–water partition coefficient (Wildman–Crippen LogP) is 2.94. The van der Waals surface area contributed by atoms with Crippen LogP contribution in [0.2, 0.25) is 0 Å². The number of carbonyl (C=O) groups is 3. The van der Waals surface area contributed by atoms with Gasteiger partial charge >= 0.3 is 18.0 Å². The molecule has 8 heteroatoms. The Morgan fingerprint density at radius 2 is 2.15 bits per heavy atom. The number of esters is 1. The standard InChI is InChI=1S/C19H20N2O6/c1-26-16(22)15-8-11-7-13(4-5-14(11)27-15)20-18(25)21-9-12-3-2-6-19(12,10-21)17(23)24/h4-5,7-8,12H,2-3,6,9-10H2,1H3,(H,20,25)(H,23,24)/t12-,19+/m0/s1. The lowest BCUT2D eigenvalue weighted by molar-refractivity contribution is -0.149. The van der Waals surface area contributed by atoms with Crippen LogP contribution in [0.15, 0.2) is 28.7 Å². The fourth-order valence-corrected chi connectivity index (χ4v) is 4.32. The molecule has 1 aromatic carbocycles. The van der Waals surface area contributed by atoms with Crippen molar-refractivity contribution < 1.29 is 28.6 Å². The second kappa shape index (κ2) is 6.29. The summed E-state index contributed by atoms with van der Waals surface area (Å²) in [4.78, 5) is 37.5. The highest BCUT2D eigenvalue weighted by Crippen LogP contribution is 2.48. The van der Waals surface area contributed by atoms with Gasteiger partial charge in [-0.1, -0.05) is 6.42 Å². The topological polar surface area (TPSA) is 109 Å². The number of anilines is 1. The fourth-order valence-electron chi connectivity index (χ4n) is 4.32. The Bertz CT molecular complexity index is 935. The van der Waals surface area contributed by atoms with E-state index in [1.54, 1.807) is 29.2 Å². The molecule has 0 unspecified atom stereocenters. The summed E-state index contributed by atoms with van der Waals surface area (Å²) in [6.07, 6.45) is 2.35. The van der Waals surface area contributed by atoms with Crippen LogP contribution in [0.4, 0.5) is 10.5 Å². The van der Waals surface area contributed by atoms with E-state index in [4.69, 9.17) is 4.42 Å². The van der Waals surface area contributed by atoms with Gasteiger partial charge in [0.05, 0.1) is 12.5 Å². The van der Waals surface area contributed by atoms with E-state index in [1.165, 1.54) is 7.11 Å². The van der Waals surface area contributed by atoms with E-state index in [0.29, 0.717) is 29.6 Å². The molecule has 142 valence electrons. The third-order valence-corrected chi connectivity index (χ3v) is 5.74. The van der Waals surface area contributed by atoms with Crippen LogP contribution in [0.1, 0.15) is 29.8 Å². The first-order valence-electron chi connectivity index (χ1n) is 8.84. The molecule has 2 heterocycles. The van der Waals surface area contributed by atoms with Crippen molar-refractivity contribution in [3.8, 4) is 0 Å². The summed E-state index contributed by atoms with van der Waals surface area (Å²) in [5.74, 6) is -1.28. The number of methoxy groups -OCH3 is 1. The van der Waals surface area contributed by atoms with Crippen LogP contribution in [-0.4, -0.2) is 48.2 Å².